The minimum Gasteiger partial charge on any atom is -0.481 e. The summed E-state index contributed by atoms with van der Waals surface area (Å²) in [5.74, 6) is -1.06. The van der Waals surface area contributed by atoms with Crippen LogP contribution in [0.15, 0.2) is 36.4 Å². The van der Waals surface area contributed by atoms with Crippen LogP contribution in [-0.4, -0.2) is 60.5 Å². The van der Waals surface area contributed by atoms with Gasteiger partial charge in [-0.1, -0.05) is 30.3 Å². The number of hydrogen-bond donors (Lipinski definition) is 1. The van der Waals surface area contributed by atoms with Crippen LogP contribution in [0.2, 0.25) is 0 Å². The minimum absolute atomic E-state index is 0.0433. The molecule has 21 heavy (non-hydrogen) atoms. The van der Waals surface area contributed by atoms with E-state index in [4.69, 9.17) is 5.11 Å². The highest BCUT2D eigenvalue weighted by Gasteiger charge is 2.12. The summed E-state index contributed by atoms with van der Waals surface area (Å²) >= 11 is 0. The summed E-state index contributed by atoms with van der Waals surface area (Å²) in [5, 5.41) is 8.76. The number of benzene rings is 1. The number of nitrogens with zero attached hydrogens (tertiary/aromatic N) is 2. The number of carboxylic acids is 1. The molecule has 0 aliphatic carbocycles. The van der Waals surface area contributed by atoms with Crippen molar-refractivity contribution in [1.82, 2.24) is 9.80 Å². The van der Waals surface area contributed by atoms with Crippen molar-refractivity contribution < 1.29 is 14.7 Å². The molecule has 0 saturated carbocycles. The highest BCUT2D eigenvalue weighted by molar-refractivity contribution is 5.92. The summed E-state index contributed by atoms with van der Waals surface area (Å²) in [5.41, 5.74) is 0.941. The molecular formula is C16H22N2O3. The van der Waals surface area contributed by atoms with Crippen LogP contribution in [0, 0.1) is 0 Å². The molecule has 5 heteroatoms. The van der Waals surface area contributed by atoms with Gasteiger partial charge in [-0.25, -0.2) is 0 Å². The van der Waals surface area contributed by atoms with Crippen LogP contribution in [0.3, 0.4) is 0 Å². The van der Waals surface area contributed by atoms with Gasteiger partial charge in [-0.3, -0.25) is 9.59 Å². The number of carbonyl (C=O) groups is 2. The number of carboxylic acid groups (broad SMARTS) is 1. The van der Waals surface area contributed by atoms with Gasteiger partial charge in [0.05, 0.1) is 6.42 Å². The van der Waals surface area contributed by atoms with E-state index in [1.165, 1.54) is 6.08 Å². The normalized spacial score (nSPS) is 11.0. The average Bonchev–Trinajstić information content (AvgIpc) is 2.45. The molecule has 1 N–H and O–H groups in total. The SMILES string of the molecule is CN(C)CCN(CCC(=O)O)C(=O)/C=C/c1ccccc1. The van der Waals surface area contributed by atoms with E-state index in [2.05, 4.69) is 0 Å². The van der Waals surface area contributed by atoms with Crippen LogP contribution >= 0.6 is 0 Å². The van der Waals surface area contributed by atoms with Crippen molar-refractivity contribution in [3.05, 3.63) is 42.0 Å². The molecule has 1 rings (SSSR count). The smallest absolute Gasteiger partial charge is 0.305 e. The molecule has 1 aromatic rings. The Morgan fingerprint density at radius 1 is 1.10 bits per heavy atom. The fourth-order valence-electron chi connectivity index (χ4n) is 1.72. The molecule has 0 unspecified atom stereocenters. The van der Waals surface area contributed by atoms with Crippen molar-refractivity contribution in [3.63, 3.8) is 0 Å². The maximum atomic E-state index is 12.2. The maximum absolute atomic E-state index is 12.2. The highest BCUT2D eigenvalue weighted by atomic mass is 16.4. The lowest BCUT2D eigenvalue weighted by molar-refractivity contribution is -0.138. The molecule has 1 aromatic carbocycles. The number of amides is 1. The molecule has 0 aliphatic heterocycles. The quantitative estimate of drug-likeness (QED) is 0.738. The molecule has 0 radical (unpaired) electrons. The van der Waals surface area contributed by atoms with Crippen LogP contribution in [0.5, 0.6) is 0 Å². The summed E-state index contributed by atoms with van der Waals surface area (Å²) in [4.78, 5) is 26.4. The van der Waals surface area contributed by atoms with E-state index in [9.17, 15) is 9.59 Å². The van der Waals surface area contributed by atoms with Crippen LogP contribution < -0.4 is 0 Å². The van der Waals surface area contributed by atoms with Crippen LogP contribution in [0.4, 0.5) is 0 Å². The Hall–Kier alpha value is -2.14. The number of hydrogen-bond acceptors (Lipinski definition) is 3. The van der Waals surface area contributed by atoms with E-state index < -0.39 is 5.97 Å². The van der Waals surface area contributed by atoms with Crippen molar-refractivity contribution in [1.29, 1.82) is 0 Å². The Kier molecular flexibility index (Phi) is 7.18. The topological polar surface area (TPSA) is 60.9 Å². The second kappa shape index (κ2) is 8.92. The number of carbonyl (C=O) groups excluding carboxylic acids is 1. The Morgan fingerprint density at radius 2 is 1.76 bits per heavy atom. The standard InChI is InChI=1S/C16H22N2O3/c1-17(2)12-13-18(11-10-16(20)21)15(19)9-8-14-6-4-3-5-7-14/h3-9H,10-13H2,1-2H3,(H,20,21)/b9-8+. The second-order valence-corrected chi connectivity index (χ2v) is 5.02. The number of rotatable bonds is 8. The predicted octanol–water partition coefficient (Wildman–Crippen LogP) is 1.56. The van der Waals surface area contributed by atoms with E-state index in [1.807, 2.05) is 49.3 Å². The molecule has 0 fully saturated rings. The fourth-order valence-corrected chi connectivity index (χ4v) is 1.72. The van der Waals surface area contributed by atoms with Crippen molar-refractivity contribution in [3.8, 4) is 0 Å². The van der Waals surface area contributed by atoms with E-state index in [0.717, 1.165) is 5.56 Å². The third kappa shape index (κ3) is 7.27. The Balaban J connectivity index is 2.64. The van der Waals surface area contributed by atoms with Gasteiger partial charge in [0.1, 0.15) is 0 Å². The predicted molar refractivity (Wildman–Crippen MR) is 82.9 cm³/mol. The number of likely N-dealkylation sites (N-methyl/N-ethyl adjacent to an activating group) is 1. The lowest BCUT2D eigenvalue weighted by atomic mass is 10.2. The minimum atomic E-state index is -0.898. The first kappa shape index (κ1) is 16.9. The second-order valence-electron chi connectivity index (χ2n) is 5.02. The summed E-state index contributed by atoms with van der Waals surface area (Å²) < 4.78 is 0. The van der Waals surface area contributed by atoms with E-state index in [-0.39, 0.29) is 18.9 Å². The van der Waals surface area contributed by atoms with Crippen LogP contribution in [0.1, 0.15) is 12.0 Å². The molecule has 0 aliphatic rings. The zero-order valence-corrected chi connectivity index (χ0v) is 12.5. The lowest BCUT2D eigenvalue weighted by Gasteiger charge is -2.22. The van der Waals surface area contributed by atoms with E-state index in [1.54, 1.807) is 11.0 Å². The maximum Gasteiger partial charge on any atom is 0.305 e. The van der Waals surface area contributed by atoms with Gasteiger partial charge in [0.2, 0.25) is 5.91 Å². The highest BCUT2D eigenvalue weighted by Crippen LogP contribution is 2.03. The van der Waals surface area contributed by atoms with Gasteiger partial charge in [0, 0.05) is 25.7 Å². The van der Waals surface area contributed by atoms with Crippen molar-refractivity contribution in [2.75, 3.05) is 33.7 Å². The average molecular weight is 290 g/mol. The molecule has 1 amide bonds. The molecular weight excluding hydrogens is 268 g/mol. The van der Waals surface area contributed by atoms with Crippen LogP contribution in [0.25, 0.3) is 6.08 Å². The van der Waals surface area contributed by atoms with Crippen molar-refractivity contribution >= 4 is 18.0 Å². The first-order valence-corrected chi connectivity index (χ1v) is 6.87. The first-order valence-electron chi connectivity index (χ1n) is 6.87. The van der Waals surface area contributed by atoms with Gasteiger partial charge in [0.25, 0.3) is 0 Å². The van der Waals surface area contributed by atoms with Crippen LogP contribution in [-0.2, 0) is 9.59 Å². The first-order chi connectivity index (χ1) is 9.99. The Bertz CT molecular complexity index is 484. The molecule has 0 bridgehead atoms. The zero-order chi connectivity index (χ0) is 15.7. The Morgan fingerprint density at radius 3 is 2.33 bits per heavy atom. The van der Waals surface area contributed by atoms with Crippen molar-refractivity contribution in [2.45, 2.75) is 6.42 Å². The number of aliphatic carboxylic acids is 1. The van der Waals surface area contributed by atoms with Gasteiger partial charge in [0.15, 0.2) is 0 Å². The zero-order valence-electron chi connectivity index (χ0n) is 12.5. The Labute approximate surface area is 125 Å². The van der Waals surface area contributed by atoms with Crippen molar-refractivity contribution in [2.24, 2.45) is 0 Å². The van der Waals surface area contributed by atoms with E-state index >= 15 is 0 Å². The molecule has 0 atom stereocenters. The van der Waals surface area contributed by atoms with Gasteiger partial charge >= 0.3 is 5.97 Å². The van der Waals surface area contributed by atoms with Gasteiger partial charge in [-0.15, -0.1) is 0 Å². The molecule has 0 heterocycles. The summed E-state index contributed by atoms with van der Waals surface area (Å²) in [6, 6.07) is 9.53. The molecule has 114 valence electrons. The third-order valence-corrected chi connectivity index (χ3v) is 2.94. The van der Waals surface area contributed by atoms with Gasteiger partial charge < -0.3 is 14.9 Å². The van der Waals surface area contributed by atoms with Gasteiger partial charge in [-0.05, 0) is 25.7 Å². The largest absolute Gasteiger partial charge is 0.481 e. The summed E-state index contributed by atoms with van der Waals surface area (Å²) in [6.07, 6.45) is 3.19. The third-order valence-electron chi connectivity index (χ3n) is 2.94. The summed E-state index contributed by atoms with van der Waals surface area (Å²) in [7, 11) is 3.83. The fraction of sp³-hybridized carbons (Fsp3) is 0.375. The molecule has 0 saturated heterocycles. The molecule has 0 spiro atoms. The lowest BCUT2D eigenvalue weighted by Crippen LogP contribution is -2.37. The van der Waals surface area contributed by atoms with Gasteiger partial charge in [-0.2, -0.15) is 0 Å². The molecule has 0 aromatic heterocycles. The van der Waals surface area contributed by atoms with E-state index in [0.29, 0.717) is 13.1 Å². The monoisotopic (exact) mass is 290 g/mol. The molecule has 5 nitrogen and oxygen atoms in total. The summed E-state index contributed by atoms with van der Waals surface area (Å²) in [6.45, 7) is 1.43.